The number of aliphatic hydroxyl groups is 1. The Bertz CT molecular complexity index is 631. The molecule has 0 aromatic rings. The molecule has 40 heavy (non-hydrogen) atoms. The molecule has 218 valence electrons. The minimum atomic E-state index is -2.97. The summed E-state index contributed by atoms with van der Waals surface area (Å²) in [4.78, 5) is 48.8. The van der Waals surface area contributed by atoms with Crippen molar-refractivity contribution in [2.75, 3.05) is 0 Å². The second kappa shape index (κ2) is 36.9. The fourth-order valence-electron chi connectivity index (χ4n) is 3.33. The van der Waals surface area contributed by atoms with Gasteiger partial charge in [-0.05, 0) is 12.8 Å². The van der Waals surface area contributed by atoms with Crippen LogP contribution < -0.4 is 79.5 Å². The molecular weight excluding hydrogens is 563 g/mol. The first kappa shape index (κ1) is 52.5. The van der Waals surface area contributed by atoms with Crippen molar-refractivity contribution in [3.63, 3.8) is 0 Å². The van der Waals surface area contributed by atoms with Crippen LogP contribution in [0.15, 0.2) is 0 Å². The molecule has 0 fully saturated rings. The summed E-state index contributed by atoms with van der Waals surface area (Å²) in [5.74, 6) is -6.89. The van der Waals surface area contributed by atoms with E-state index in [1.54, 1.807) is 0 Å². The molecule has 12 nitrogen and oxygen atoms in total. The van der Waals surface area contributed by atoms with Gasteiger partial charge in [0.1, 0.15) is 5.60 Å². The zero-order valence-corrected chi connectivity index (χ0v) is 29.9. The first-order chi connectivity index (χ1) is 17.3. The first-order valence-electron chi connectivity index (χ1n) is 12.7. The average molecular weight is 605 g/mol. The first-order valence-corrected chi connectivity index (χ1v) is 12.7. The van der Waals surface area contributed by atoms with Crippen LogP contribution in [0.1, 0.15) is 122 Å². The van der Waals surface area contributed by atoms with Crippen molar-refractivity contribution in [3.8, 4) is 0 Å². The Kier molecular flexibility index (Phi) is 48.4. The van der Waals surface area contributed by atoms with E-state index in [-0.39, 0.29) is 88.6 Å². The van der Waals surface area contributed by atoms with Crippen molar-refractivity contribution in [3.05, 3.63) is 0 Å². The quantitative estimate of drug-likeness (QED) is 0.0819. The van der Waals surface area contributed by atoms with Crippen molar-refractivity contribution in [1.29, 1.82) is 0 Å². The third-order valence-corrected chi connectivity index (χ3v) is 5.24. The molecule has 0 aromatic carbocycles. The second-order valence-corrected chi connectivity index (χ2v) is 8.77. The van der Waals surface area contributed by atoms with Crippen LogP contribution in [0.2, 0.25) is 0 Å². The summed E-state index contributed by atoms with van der Waals surface area (Å²) in [6.07, 6.45) is 15.3. The molecule has 0 rings (SSSR count). The number of carboxylic acids is 4. The van der Waals surface area contributed by atoms with Gasteiger partial charge >= 0.3 is 88.3 Å². The summed E-state index contributed by atoms with van der Waals surface area (Å²) in [6, 6.07) is 0. The zero-order chi connectivity index (χ0) is 29.1. The predicted molar refractivity (Wildman–Crippen MR) is 130 cm³/mol. The number of aliphatic carboxylic acids is 4. The Morgan fingerprint density at radius 3 is 1.00 bits per heavy atom. The normalized spacial score (nSPS) is 9.55. The van der Waals surface area contributed by atoms with Crippen LogP contribution in [0.3, 0.4) is 0 Å². The van der Waals surface area contributed by atoms with Gasteiger partial charge in [0.15, 0.2) is 0 Å². The van der Waals surface area contributed by atoms with Crippen LogP contribution >= 0.6 is 0 Å². The van der Waals surface area contributed by atoms with Crippen LogP contribution in [0, 0.1) is 0 Å². The number of hydrogen-bond acceptors (Lipinski definition) is 10. The van der Waals surface area contributed by atoms with Crippen LogP contribution in [-0.4, -0.2) is 74.0 Å². The van der Waals surface area contributed by atoms with Gasteiger partial charge in [-0.2, -0.15) is 0 Å². The maximum absolute atomic E-state index is 10.2. The van der Waals surface area contributed by atoms with Gasteiger partial charge in [0.25, 0.3) is 0 Å². The molecular formula is C25H42MgNa2O12. The Labute approximate surface area is 297 Å². The number of hydrogen-bond donors (Lipinski definition) is 3. The molecule has 0 aromatic heterocycles. The van der Waals surface area contributed by atoms with Gasteiger partial charge in [-0.15, -0.1) is 0 Å². The smallest absolute Gasteiger partial charge is 0.550 e. The predicted octanol–water partition coefficient (Wildman–Crippen LogP) is -6.41. The summed E-state index contributed by atoms with van der Waals surface area (Å²) in [7, 11) is 0. The number of carbonyl (C=O) groups excluding carboxylic acids is 4. The molecule has 15 heteroatoms. The number of rotatable bonds is 21. The van der Waals surface area contributed by atoms with Gasteiger partial charge < -0.3 is 54.9 Å². The van der Waals surface area contributed by atoms with E-state index in [1.165, 1.54) is 83.5 Å². The van der Waals surface area contributed by atoms with E-state index in [0.29, 0.717) is 0 Å². The van der Waals surface area contributed by atoms with Gasteiger partial charge in [0.05, 0.1) is 5.97 Å². The third kappa shape index (κ3) is 47.7. The summed E-state index contributed by atoms with van der Waals surface area (Å²) in [5, 5.41) is 63.1. The second-order valence-electron chi connectivity index (χ2n) is 8.77. The molecule has 0 heterocycles. The average Bonchev–Trinajstić information content (AvgIpc) is 2.75. The van der Waals surface area contributed by atoms with E-state index in [9.17, 15) is 39.6 Å². The molecule has 0 atom stereocenters. The molecule has 0 radical (unpaired) electrons. The molecule has 3 N–H and O–H groups in total. The monoisotopic (exact) mass is 604 g/mol. The molecule has 0 spiro atoms. The van der Waals surface area contributed by atoms with Crippen LogP contribution in [0.25, 0.3) is 0 Å². The molecule has 0 saturated heterocycles. The zero-order valence-electron chi connectivity index (χ0n) is 24.5. The van der Waals surface area contributed by atoms with Gasteiger partial charge in [0.2, 0.25) is 0 Å². The van der Waals surface area contributed by atoms with Gasteiger partial charge in [-0.25, -0.2) is 4.79 Å². The maximum atomic E-state index is 10.2. The molecule has 0 aliphatic rings. The largest absolute Gasteiger partial charge is 2.00 e. The summed E-state index contributed by atoms with van der Waals surface area (Å²) in [6.45, 7) is 2.27. The van der Waals surface area contributed by atoms with E-state index in [1.807, 2.05) is 0 Å². The summed E-state index contributed by atoms with van der Waals surface area (Å²) >= 11 is 0. The van der Waals surface area contributed by atoms with Crippen molar-refractivity contribution in [2.24, 2.45) is 0 Å². The summed E-state index contributed by atoms with van der Waals surface area (Å²) in [5.41, 5.74) is -2.97. The van der Waals surface area contributed by atoms with Gasteiger partial charge in [-0.3, -0.25) is 0 Å². The molecule has 0 bridgehead atoms. The Balaban J connectivity index is -0.000000126. The van der Waals surface area contributed by atoms with Gasteiger partial charge in [-0.1, -0.05) is 96.8 Å². The molecule has 0 saturated carbocycles. The molecule has 0 unspecified atom stereocenters. The standard InChI is InChI=1S/C18H36O2.C6H8O7.CH2O3.Mg.2Na/c1-2-3-4-5-6-7-8-9-10-11-12-13-14-15-16-17-18(19)20;7-3(8)1-6(13,5(11)12)2-4(9)10;2-1(3)4;;;/h2-17H2,1H3,(H,19,20);13H,1-2H2,(H,7,8)(H,9,10)(H,11,12);(H2,2,3,4);;;/q;;;+2;2*+1/p-4. The topological polar surface area (TPSA) is 238 Å². The van der Waals surface area contributed by atoms with E-state index >= 15 is 0 Å². The van der Waals surface area contributed by atoms with Crippen molar-refractivity contribution in [1.82, 2.24) is 0 Å². The fraction of sp³-hybridized carbons (Fsp3) is 0.800. The Morgan fingerprint density at radius 2 is 0.800 bits per heavy atom. The van der Waals surface area contributed by atoms with Crippen LogP contribution in [-0.2, 0) is 19.2 Å². The molecule has 0 aliphatic carbocycles. The summed E-state index contributed by atoms with van der Waals surface area (Å²) < 4.78 is 0. The minimum Gasteiger partial charge on any atom is -0.550 e. The molecule has 0 amide bonds. The van der Waals surface area contributed by atoms with E-state index in [4.69, 9.17) is 20.1 Å². The van der Waals surface area contributed by atoms with E-state index in [2.05, 4.69) is 6.92 Å². The number of unbranched alkanes of at least 4 members (excludes halogenated alkanes) is 14. The SMILES string of the molecule is CCCCCCCCCCCCCCCCCC(=O)[O-].O=C(O)O.O=C([O-])CC(O)(CC(=O)[O-])C(=O)[O-].[Mg+2].[Na+].[Na+]. The minimum absolute atomic E-state index is 0. The van der Waals surface area contributed by atoms with Crippen molar-refractivity contribution < 1.29 is 119 Å². The van der Waals surface area contributed by atoms with Crippen molar-refractivity contribution >= 4 is 53.1 Å². The van der Waals surface area contributed by atoms with Gasteiger partial charge in [0, 0.05) is 30.7 Å². The Morgan fingerprint density at radius 1 is 0.550 bits per heavy atom. The fourth-order valence-corrected chi connectivity index (χ4v) is 3.33. The number of carbonyl (C=O) groups is 5. The molecule has 0 aliphatic heterocycles. The van der Waals surface area contributed by atoms with Crippen LogP contribution in [0.5, 0.6) is 0 Å². The van der Waals surface area contributed by atoms with Crippen molar-refractivity contribution in [2.45, 2.75) is 128 Å². The Hall–Kier alpha value is -0.124. The van der Waals surface area contributed by atoms with E-state index < -0.39 is 48.5 Å². The maximum Gasteiger partial charge on any atom is 2.00 e. The van der Waals surface area contributed by atoms with E-state index in [0.717, 1.165) is 12.8 Å². The number of carboxylic acid groups (broad SMARTS) is 6. The third-order valence-electron chi connectivity index (χ3n) is 5.24. The van der Waals surface area contributed by atoms with Crippen LogP contribution in [0.4, 0.5) is 4.79 Å².